The van der Waals surface area contributed by atoms with Crippen LogP contribution in [-0.2, 0) is 19.2 Å². The van der Waals surface area contributed by atoms with Gasteiger partial charge in [0.25, 0.3) is 0 Å². The van der Waals surface area contributed by atoms with Gasteiger partial charge in [0.05, 0.1) is 12.5 Å². The molecule has 0 aromatic carbocycles. The molecule has 0 aliphatic carbocycles. The van der Waals surface area contributed by atoms with Gasteiger partial charge in [-0.05, 0) is 11.8 Å². The standard InChI is InChI=1S/C16H29N3O6/c1-9(2)8-24-16(23)19(25-14(22)11(5)6)15(17)18(7)12(10(3)4)13(20)21/h9-12,17H,8H2,1-7H3,(H,20,21). The van der Waals surface area contributed by atoms with Crippen LogP contribution < -0.4 is 0 Å². The molecule has 144 valence electrons. The van der Waals surface area contributed by atoms with Crippen LogP contribution >= 0.6 is 0 Å². The van der Waals surface area contributed by atoms with E-state index >= 15 is 0 Å². The van der Waals surface area contributed by atoms with Crippen molar-refractivity contribution in [3.8, 4) is 0 Å². The van der Waals surface area contributed by atoms with Gasteiger partial charge in [-0.2, -0.15) is 0 Å². The summed E-state index contributed by atoms with van der Waals surface area (Å²) in [4.78, 5) is 41.5. The van der Waals surface area contributed by atoms with Gasteiger partial charge in [0, 0.05) is 7.05 Å². The lowest BCUT2D eigenvalue weighted by molar-refractivity contribution is -0.174. The van der Waals surface area contributed by atoms with Crippen molar-refractivity contribution in [2.24, 2.45) is 17.8 Å². The van der Waals surface area contributed by atoms with Crippen molar-refractivity contribution in [2.45, 2.75) is 47.6 Å². The fourth-order valence-corrected chi connectivity index (χ4v) is 1.83. The lowest BCUT2D eigenvalue weighted by Crippen LogP contribution is -2.53. The summed E-state index contributed by atoms with van der Waals surface area (Å²) in [5.74, 6) is -3.34. The van der Waals surface area contributed by atoms with Crippen molar-refractivity contribution in [3.63, 3.8) is 0 Å². The number of nitrogens with one attached hydrogen (secondary N) is 1. The summed E-state index contributed by atoms with van der Waals surface area (Å²) in [7, 11) is 1.34. The number of carboxylic acids is 1. The van der Waals surface area contributed by atoms with Crippen LogP contribution in [0.4, 0.5) is 4.79 Å². The maximum atomic E-state index is 12.2. The fourth-order valence-electron chi connectivity index (χ4n) is 1.83. The molecule has 1 amide bonds. The lowest BCUT2D eigenvalue weighted by Gasteiger charge is -2.33. The SMILES string of the molecule is CC(C)COC(=O)N(OC(=O)C(C)C)C(=N)N(C)C(C(=O)O)C(C)C. The summed E-state index contributed by atoms with van der Waals surface area (Å²) in [5.41, 5.74) is 0. The number of likely N-dealkylation sites (N-methyl/N-ethyl adjacent to an activating group) is 1. The Morgan fingerprint density at radius 1 is 1.08 bits per heavy atom. The van der Waals surface area contributed by atoms with E-state index in [1.54, 1.807) is 27.7 Å². The summed E-state index contributed by atoms with van der Waals surface area (Å²) in [6.45, 7) is 10.2. The molecule has 0 aliphatic heterocycles. The highest BCUT2D eigenvalue weighted by molar-refractivity contribution is 5.94. The second kappa shape index (κ2) is 9.85. The van der Waals surface area contributed by atoms with Crippen molar-refractivity contribution in [1.29, 1.82) is 5.41 Å². The number of amides is 1. The zero-order valence-electron chi connectivity index (χ0n) is 15.9. The molecule has 9 heteroatoms. The second-order valence-electron chi connectivity index (χ2n) is 6.79. The first kappa shape index (κ1) is 22.7. The highest BCUT2D eigenvalue weighted by Gasteiger charge is 2.35. The van der Waals surface area contributed by atoms with Crippen molar-refractivity contribution >= 4 is 24.0 Å². The number of hydrogen-bond donors (Lipinski definition) is 2. The molecule has 0 saturated carbocycles. The van der Waals surface area contributed by atoms with E-state index in [0.717, 1.165) is 4.90 Å². The summed E-state index contributed by atoms with van der Waals surface area (Å²) in [6, 6.07) is -1.08. The normalized spacial score (nSPS) is 12.1. The summed E-state index contributed by atoms with van der Waals surface area (Å²) >= 11 is 0. The van der Waals surface area contributed by atoms with Gasteiger partial charge in [-0.3, -0.25) is 5.41 Å². The Morgan fingerprint density at radius 2 is 1.60 bits per heavy atom. The average Bonchev–Trinajstić information content (AvgIpc) is 2.48. The van der Waals surface area contributed by atoms with E-state index in [2.05, 4.69) is 0 Å². The number of ether oxygens (including phenoxy) is 1. The first-order valence-corrected chi connectivity index (χ1v) is 8.12. The largest absolute Gasteiger partial charge is 0.480 e. The predicted octanol–water partition coefficient (Wildman–Crippen LogP) is 2.17. The number of carbonyl (C=O) groups excluding carboxylic acids is 2. The van der Waals surface area contributed by atoms with E-state index in [1.807, 2.05) is 13.8 Å². The molecule has 0 fully saturated rings. The molecule has 0 heterocycles. The smallest absolute Gasteiger partial charge is 0.451 e. The van der Waals surface area contributed by atoms with E-state index in [9.17, 15) is 19.5 Å². The Labute approximate surface area is 148 Å². The first-order chi connectivity index (χ1) is 11.4. The van der Waals surface area contributed by atoms with Gasteiger partial charge in [0.15, 0.2) is 0 Å². The third-order valence-corrected chi connectivity index (χ3v) is 3.19. The van der Waals surface area contributed by atoms with Crippen LogP contribution in [0.2, 0.25) is 0 Å². The van der Waals surface area contributed by atoms with Crippen LogP contribution in [0, 0.1) is 23.2 Å². The van der Waals surface area contributed by atoms with Gasteiger partial charge in [0.2, 0.25) is 5.96 Å². The summed E-state index contributed by atoms with van der Waals surface area (Å²) < 4.78 is 5.01. The van der Waals surface area contributed by atoms with E-state index < -0.39 is 36.0 Å². The van der Waals surface area contributed by atoms with Gasteiger partial charge < -0.3 is 19.6 Å². The van der Waals surface area contributed by atoms with Crippen LogP contribution in [0.25, 0.3) is 0 Å². The fraction of sp³-hybridized carbons (Fsp3) is 0.750. The van der Waals surface area contributed by atoms with Gasteiger partial charge >= 0.3 is 18.0 Å². The van der Waals surface area contributed by atoms with Crippen LogP contribution in [0.3, 0.4) is 0 Å². The van der Waals surface area contributed by atoms with Crippen molar-refractivity contribution in [3.05, 3.63) is 0 Å². The molecule has 9 nitrogen and oxygen atoms in total. The van der Waals surface area contributed by atoms with E-state index in [1.165, 1.54) is 7.05 Å². The Kier molecular flexibility index (Phi) is 8.94. The second-order valence-corrected chi connectivity index (χ2v) is 6.79. The Morgan fingerprint density at radius 3 is 1.96 bits per heavy atom. The number of rotatable bonds is 6. The number of carbonyl (C=O) groups is 3. The van der Waals surface area contributed by atoms with Crippen LogP contribution in [-0.4, -0.2) is 58.8 Å². The number of guanidine groups is 1. The number of hydrogen-bond acceptors (Lipinski definition) is 6. The maximum Gasteiger partial charge on any atom is 0.451 e. The molecule has 1 unspecified atom stereocenters. The van der Waals surface area contributed by atoms with Crippen LogP contribution in [0.5, 0.6) is 0 Å². The Hall–Kier alpha value is -2.32. The molecular weight excluding hydrogens is 330 g/mol. The van der Waals surface area contributed by atoms with Crippen molar-refractivity contribution in [1.82, 2.24) is 9.96 Å². The average molecular weight is 359 g/mol. The first-order valence-electron chi connectivity index (χ1n) is 8.12. The van der Waals surface area contributed by atoms with Crippen molar-refractivity contribution in [2.75, 3.05) is 13.7 Å². The van der Waals surface area contributed by atoms with Crippen LogP contribution in [0.1, 0.15) is 41.5 Å². The van der Waals surface area contributed by atoms with Gasteiger partial charge in [-0.15, -0.1) is 0 Å². The third kappa shape index (κ3) is 6.98. The molecule has 0 radical (unpaired) electrons. The molecule has 0 spiro atoms. The molecule has 25 heavy (non-hydrogen) atoms. The summed E-state index contributed by atoms with van der Waals surface area (Å²) in [5, 5.41) is 17.9. The quantitative estimate of drug-likeness (QED) is 0.423. The number of hydroxylamine groups is 2. The number of aliphatic carboxylic acids is 1. The number of nitrogens with zero attached hydrogens (tertiary/aromatic N) is 2. The minimum Gasteiger partial charge on any atom is -0.480 e. The van der Waals surface area contributed by atoms with Crippen molar-refractivity contribution < 1.29 is 29.1 Å². The Balaban J connectivity index is 5.48. The monoisotopic (exact) mass is 359 g/mol. The van der Waals surface area contributed by atoms with E-state index in [0.29, 0.717) is 5.06 Å². The maximum absolute atomic E-state index is 12.2. The predicted molar refractivity (Wildman–Crippen MR) is 90.7 cm³/mol. The van der Waals surface area contributed by atoms with Crippen LogP contribution in [0.15, 0.2) is 0 Å². The Bertz CT molecular complexity index is 504. The minimum absolute atomic E-state index is 0.0425. The third-order valence-electron chi connectivity index (χ3n) is 3.19. The van der Waals surface area contributed by atoms with E-state index in [-0.39, 0.29) is 18.4 Å². The molecule has 0 aromatic heterocycles. The molecule has 0 aliphatic rings. The molecule has 1 atom stereocenters. The van der Waals surface area contributed by atoms with Gasteiger partial charge in [-0.25, -0.2) is 14.4 Å². The molecule has 2 N–H and O–H groups in total. The molecule has 0 bridgehead atoms. The van der Waals surface area contributed by atoms with Gasteiger partial charge in [0.1, 0.15) is 6.04 Å². The minimum atomic E-state index is -1.16. The number of carboxylic acid groups (broad SMARTS) is 1. The topological polar surface area (TPSA) is 120 Å². The lowest BCUT2D eigenvalue weighted by atomic mass is 10.0. The molecule has 0 rings (SSSR count). The zero-order valence-corrected chi connectivity index (χ0v) is 15.9. The molecular formula is C16H29N3O6. The zero-order chi connectivity index (χ0) is 19.9. The van der Waals surface area contributed by atoms with Gasteiger partial charge in [-0.1, -0.05) is 46.6 Å². The highest BCUT2D eigenvalue weighted by atomic mass is 16.8. The molecule has 0 saturated heterocycles. The highest BCUT2D eigenvalue weighted by Crippen LogP contribution is 2.14. The van der Waals surface area contributed by atoms with E-state index in [4.69, 9.17) is 15.0 Å². The summed E-state index contributed by atoms with van der Waals surface area (Å²) in [6.07, 6.45) is -1.05. The molecule has 0 aromatic rings.